The summed E-state index contributed by atoms with van der Waals surface area (Å²) in [6.07, 6.45) is -1.43. The van der Waals surface area contributed by atoms with Crippen LogP contribution in [-0.2, 0) is 19.1 Å². The monoisotopic (exact) mass is 242 g/mol. The second-order valence-electron chi connectivity index (χ2n) is 2.32. The van der Waals surface area contributed by atoms with Crippen molar-refractivity contribution in [1.29, 1.82) is 0 Å². The highest BCUT2D eigenvalue weighted by Gasteiger charge is 2.21. The average molecular weight is 243 g/mol. The number of esters is 2. The van der Waals surface area contributed by atoms with E-state index in [2.05, 4.69) is 9.47 Å². The van der Waals surface area contributed by atoms with Crippen LogP contribution in [0.5, 0.6) is 0 Å². The molecule has 0 heterocycles. The zero-order valence-corrected chi connectivity index (χ0v) is 8.96. The smallest absolute Gasteiger partial charge is 0.359 e. The minimum absolute atomic E-state index is 0.994. The molecule has 0 radical (unpaired) electrons. The van der Waals surface area contributed by atoms with Gasteiger partial charge in [-0.15, -0.1) is 23.2 Å². The Balaban J connectivity index is 4.00. The Morgan fingerprint density at radius 3 is 1.43 bits per heavy atom. The van der Waals surface area contributed by atoms with Crippen LogP contribution in [0.25, 0.3) is 0 Å². The van der Waals surface area contributed by atoms with E-state index in [0.717, 1.165) is 0 Å². The summed E-state index contributed by atoms with van der Waals surface area (Å²) in [5.74, 6) is -1.99. The van der Waals surface area contributed by atoms with Crippen LogP contribution in [0, 0.1) is 0 Å². The lowest BCUT2D eigenvalue weighted by atomic mass is 10.5. The summed E-state index contributed by atoms with van der Waals surface area (Å²) in [5.41, 5.74) is 0. The van der Waals surface area contributed by atoms with Crippen LogP contribution < -0.4 is 0 Å². The highest BCUT2D eigenvalue weighted by molar-refractivity contribution is 6.31. The van der Waals surface area contributed by atoms with E-state index in [1.165, 1.54) is 13.8 Å². The molecule has 0 fully saturated rings. The molecule has 0 rings (SSSR count). The lowest BCUT2D eigenvalue weighted by Crippen LogP contribution is -2.24. The van der Waals surface area contributed by atoms with Crippen molar-refractivity contribution >= 4 is 41.3 Å². The van der Waals surface area contributed by atoms with Gasteiger partial charge in [-0.2, -0.15) is 0 Å². The van der Waals surface area contributed by atoms with E-state index in [1.54, 1.807) is 0 Å². The predicted molar refractivity (Wildman–Crippen MR) is 48.2 cm³/mol. The Kier molecular flexibility index (Phi) is 5.49. The predicted octanol–water partition coefficient (Wildman–Crippen LogP) is 1.45. The number of rotatable bonds is 2. The summed E-state index contributed by atoms with van der Waals surface area (Å²) in [7, 11) is 0. The van der Waals surface area contributed by atoms with E-state index >= 15 is 0 Å². The van der Waals surface area contributed by atoms with Gasteiger partial charge in [-0.05, 0) is 13.8 Å². The molecule has 0 aliphatic carbocycles. The number of hydrogen-bond donors (Lipinski definition) is 0. The molecular formula is C7H8Cl2O5. The third-order valence-corrected chi connectivity index (χ3v) is 1.37. The summed E-state index contributed by atoms with van der Waals surface area (Å²) in [6.45, 7) is 2.62. The maximum absolute atomic E-state index is 10.7. The average Bonchev–Trinajstić information content (AvgIpc) is 2.03. The van der Waals surface area contributed by atoms with Crippen LogP contribution in [-0.4, -0.2) is 28.8 Å². The first-order valence-electron chi connectivity index (χ1n) is 3.60. The molecule has 0 spiro atoms. The standard InChI is InChI=1S/C7H8Cl2O5/c1-3(8)5(10)13-7(12)14-6(11)4(2)9/h3-4H,1-2H3. The molecule has 7 heteroatoms. The molecule has 80 valence electrons. The minimum Gasteiger partial charge on any atom is -0.359 e. The van der Waals surface area contributed by atoms with Crippen molar-refractivity contribution in [3.8, 4) is 0 Å². The molecule has 14 heavy (non-hydrogen) atoms. The summed E-state index contributed by atoms with van der Waals surface area (Å²) >= 11 is 10.6. The van der Waals surface area contributed by atoms with Crippen molar-refractivity contribution in [2.45, 2.75) is 24.6 Å². The Bertz CT molecular complexity index is 224. The van der Waals surface area contributed by atoms with Crippen LogP contribution >= 0.6 is 23.2 Å². The van der Waals surface area contributed by atoms with E-state index in [9.17, 15) is 14.4 Å². The zero-order chi connectivity index (χ0) is 11.3. The van der Waals surface area contributed by atoms with Crippen molar-refractivity contribution in [1.82, 2.24) is 0 Å². The number of alkyl halides is 2. The normalized spacial score (nSPS) is 14.0. The fourth-order valence-electron chi connectivity index (χ4n) is 0.347. The van der Waals surface area contributed by atoms with Gasteiger partial charge in [-0.1, -0.05) is 0 Å². The molecule has 0 bridgehead atoms. The second kappa shape index (κ2) is 5.82. The van der Waals surface area contributed by atoms with Gasteiger partial charge in [0, 0.05) is 0 Å². The topological polar surface area (TPSA) is 69.7 Å². The molecule has 0 aliphatic rings. The maximum atomic E-state index is 10.7. The van der Waals surface area contributed by atoms with Crippen LogP contribution in [0.4, 0.5) is 4.79 Å². The number of carbonyl (C=O) groups is 3. The first kappa shape index (κ1) is 13.2. The highest BCUT2D eigenvalue weighted by Crippen LogP contribution is 2.01. The molecule has 2 unspecified atom stereocenters. The SMILES string of the molecule is CC(Cl)C(=O)OC(=O)OC(=O)C(C)Cl. The van der Waals surface area contributed by atoms with Crippen LogP contribution in [0.1, 0.15) is 13.8 Å². The molecule has 0 aromatic carbocycles. The van der Waals surface area contributed by atoms with E-state index in [-0.39, 0.29) is 0 Å². The summed E-state index contributed by atoms with van der Waals surface area (Å²) < 4.78 is 8.04. The van der Waals surface area contributed by atoms with Gasteiger partial charge in [0.1, 0.15) is 10.8 Å². The van der Waals surface area contributed by atoms with Crippen molar-refractivity contribution in [3.63, 3.8) is 0 Å². The lowest BCUT2D eigenvalue weighted by Gasteiger charge is -2.04. The van der Waals surface area contributed by atoms with E-state index < -0.39 is 28.8 Å². The largest absolute Gasteiger partial charge is 0.524 e. The van der Waals surface area contributed by atoms with Gasteiger partial charge in [-0.25, -0.2) is 14.4 Å². The molecule has 0 saturated heterocycles. The summed E-state index contributed by atoms with van der Waals surface area (Å²) in [6, 6.07) is 0. The van der Waals surface area contributed by atoms with Gasteiger partial charge in [-0.3, -0.25) is 0 Å². The van der Waals surface area contributed by atoms with Crippen molar-refractivity contribution in [2.75, 3.05) is 0 Å². The first-order valence-corrected chi connectivity index (χ1v) is 4.47. The Morgan fingerprint density at radius 1 is 0.929 bits per heavy atom. The number of halogens is 2. The number of ether oxygens (including phenoxy) is 2. The van der Waals surface area contributed by atoms with Gasteiger partial charge in [0.05, 0.1) is 0 Å². The Hall–Kier alpha value is -0.810. The van der Waals surface area contributed by atoms with Gasteiger partial charge < -0.3 is 9.47 Å². The molecule has 5 nitrogen and oxygen atoms in total. The van der Waals surface area contributed by atoms with Gasteiger partial charge >= 0.3 is 18.1 Å². The fourth-order valence-corrected chi connectivity index (χ4v) is 0.437. The maximum Gasteiger partial charge on any atom is 0.524 e. The third kappa shape index (κ3) is 5.04. The zero-order valence-electron chi connectivity index (χ0n) is 7.45. The van der Waals surface area contributed by atoms with Gasteiger partial charge in [0.25, 0.3) is 0 Å². The Labute approximate surface area is 90.2 Å². The van der Waals surface area contributed by atoms with Crippen molar-refractivity contribution in [3.05, 3.63) is 0 Å². The number of hydrogen-bond acceptors (Lipinski definition) is 5. The summed E-state index contributed by atoms with van der Waals surface area (Å²) in [5, 5.41) is -1.99. The van der Waals surface area contributed by atoms with Crippen molar-refractivity contribution < 1.29 is 23.9 Å². The van der Waals surface area contributed by atoms with E-state index in [4.69, 9.17) is 23.2 Å². The van der Waals surface area contributed by atoms with Gasteiger partial charge in [0.2, 0.25) is 0 Å². The number of carbonyl (C=O) groups excluding carboxylic acids is 3. The van der Waals surface area contributed by atoms with Crippen LogP contribution in [0.15, 0.2) is 0 Å². The van der Waals surface area contributed by atoms with E-state index in [1.807, 2.05) is 0 Å². The molecule has 0 N–H and O–H groups in total. The van der Waals surface area contributed by atoms with Crippen LogP contribution in [0.3, 0.4) is 0 Å². The molecule has 0 amide bonds. The summed E-state index contributed by atoms with van der Waals surface area (Å²) in [4.78, 5) is 32.1. The highest BCUT2D eigenvalue weighted by atomic mass is 35.5. The van der Waals surface area contributed by atoms with E-state index in [0.29, 0.717) is 0 Å². The quantitative estimate of drug-likeness (QED) is 0.417. The van der Waals surface area contributed by atoms with Crippen LogP contribution in [0.2, 0.25) is 0 Å². The molecule has 0 aromatic heterocycles. The van der Waals surface area contributed by atoms with Gasteiger partial charge in [0.15, 0.2) is 0 Å². The third-order valence-electron chi connectivity index (χ3n) is 1.02. The molecule has 0 aromatic rings. The Morgan fingerprint density at radius 2 is 1.21 bits per heavy atom. The first-order chi connectivity index (χ1) is 6.34. The molecule has 0 aliphatic heterocycles. The van der Waals surface area contributed by atoms with Crippen molar-refractivity contribution in [2.24, 2.45) is 0 Å². The second-order valence-corrected chi connectivity index (χ2v) is 3.63. The fraction of sp³-hybridized carbons (Fsp3) is 0.571. The lowest BCUT2D eigenvalue weighted by molar-refractivity contribution is -0.145. The molecule has 0 saturated carbocycles. The minimum atomic E-state index is -1.43. The molecular weight excluding hydrogens is 235 g/mol. The molecule has 2 atom stereocenters.